The number of amides is 2. The Morgan fingerprint density at radius 2 is 2.05 bits per heavy atom. The molecular weight excluding hydrogens is 242 g/mol. The number of hydrogen-bond donors (Lipinski definition) is 4. The molecule has 1 saturated heterocycles. The van der Waals surface area contributed by atoms with E-state index < -0.39 is 5.60 Å². The lowest BCUT2D eigenvalue weighted by Gasteiger charge is -2.21. The highest BCUT2D eigenvalue weighted by molar-refractivity contribution is 5.89. The average Bonchev–Trinajstić information content (AvgIpc) is 2.73. The number of benzene rings is 1. The summed E-state index contributed by atoms with van der Waals surface area (Å²) < 4.78 is 0. The molecule has 1 unspecified atom stereocenters. The predicted molar refractivity (Wildman–Crippen MR) is 75.4 cm³/mol. The zero-order valence-corrected chi connectivity index (χ0v) is 11.4. The smallest absolute Gasteiger partial charge is 0.319 e. The van der Waals surface area contributed by atoms with Crippen LogP contribution < -0.4 is 16.0 Å². The van der Waals surface area contributed by atoms with E-state index >= 15 is 0 Å². The van der Waals surface area contributed by atoms with Gasteiger partial charge in [0.2, 0.25) is 0 Å². The Kier molecular flexibility index (Phi) is 4.07. The van der Waals surface area contributed by atoms with E-state index in [0.29, 0.717) is 13.0 Å². The van der Waals surface area contributed by atoms with Crippen LogP contribution in [0.4, 0.5) is 10.5 Å². The van der Waals surface area contributed by atoms with Crippen LogP contribution in [0.1, 0.15) is 17.5 Å². The third-order valence-electron chi connectivity index (χ3n) is 3.28. The van der Waals surface area contributed by atoms with Crippen LogP contribution >= 0.6 is 0 Å². The molecule has 1 heterocycles. The van der Waals surface area contributed by atoms with Crippen molar-refractivity contribution in [3.8, 4) is 0 Å². The molecule has 1 aromatic carbocycles. The molecule has 0 bridgehead atoms. The minimum Gasteiger partial charge on any atom is -0.387 e. The number of β-amino-alcohol motifs (C(OH)–C–C–N with tert-alkyl or cyclic N) is 1. The van der Waals surface area contributed by atoms with Gasteiger partial charge in [0.1, 0.15) is 0 Å². The van der Waals surface area contributed by atoms with Crippen LogP contribution in [0.3, 0.4) is 0 Å². The summed E-state index contributed by atoms with van der Waals surface area (Å²) in [6.45, 7) is 5.55. The van der Waals surface area contributed by atoms with Crippen molar-refractivity contribution in [2.24, 2.45) is 0 Å². The summed E-state index contributed by atoms with van der Waals surface area (Å²) in [5, 5.41) is 18.7. The third-order valence-corrected chi connectivity index (χ3v) is 3.28. The molecule has 2 rings (SSSR count). The van der Waals surface area contributed by atoms with Crippen LogP contribution in [0, 0.1) is 13.8 Å². The Hall–Kier alpha value is -1.59. The number of urea groups is 1. The van der Waals surface area contributed by atoms with Crippen molar-refractivity contribution in [1.82, 2.24) is 10.6 Å². The maximum Gasteiger partial charge on any atom is 0.319 e. The van der Waals surface area contributed by atoms with E-state index in [-0.39, 0.29) is 12.6 Å². The number of aryl methyl sites for hydroxylation is 2. The number of carbonyl (C=O) groups is 1. The number of hydrogen-bond acceptors (Lipinski definition) is 3. The zero-order chi connectivity index (χ0) is 13.9. The molecule has 1 aliphatic rings. The first-order valence-corrected chi connectivity index (χ1v) is 6.53. The van der Waals surface area contributed by atoms with E-state index in [9.17, 15) is 9.90 Å². The molecule has 0 aromatic heterocycles. The second-order valence-corrected chi connectivity index (χ2v) is 5.34. The van der Waals surface area contributed by atoms with Crippen LogP contribution in [0.5, 0.6) is 0 Å². The molecule has 0 radical (unpaired) electrons. The molecular formula is C14H21N3O2. The predicted octanol–water partition coefficient (Wildman–Crippen LogP) is 1.15. The number of carbonyl (C=O) groups excluding carboxylic acids is 1. The van der Waals surface area contributed by atoms with Gasteiger partial charge in [0, 0.05) is 18.8 Å². The van der Waals surface area contributed by atoms with E-state index in [1.165, 1.54) is 0 Å². The lowest BCUT2D eigenvalue weighted by atomic mass is 10.0. The molecule has 5 heteroatoms. The number of nitrogens with one attached hydrogen (secondary N) is 3. The normalized spacial score (nSPS) is 22.3. The van der Waals surface area contributed by atoms with Crippen molar-refractivity contribution in [3.05, 3.63) is 29.3 Å². The van der Waals surface area contributed by atoms with Gasteiger partial charge in [0.15, 0.2) is 0 Å². The Morgan fingerprint density at radius 3 is 2.63 bits per heavy atom. The van der Waals surface area contributed by atoms with Crippen molar-refractivity contribution >= 4 is 11.7 Å². The number of anilines is 1. The summed E-state index contributed by atoms with van der Waals surface area (Å²) in [6.07, 6.45) is 0.664. The summed E-state index contributed by atoms with van der Waals surface area (Å²) in [6, 6.07) is 5.60. The van der Waals surface area contributed by atoms with Gasteiger partial charge in [-0.05, 0) is 50.1 Å². The van der Waals surface area contributed by atoms with Gasteiger partial charge < -0.3 is 21.1 Å². The molecule has 1 atom stereocenters. The van der Waals surface area contributed by atoms with Gasteiger partial charge in [0.05, 0.1) is 5.60 Å². The van der Waals surface area contributed by atoms with Crippen molar-refractivity contribution in [1.29, 1.82) is 0 Å². The molecule has 1 aliphatic heterocycles. The van der Waals surface area contributed by atoms with Crippen molar-refractivity contribution in [3.63, 3.8) is 0 Å². The topological polar surface area (TPSA) is 73.4 Å². The van der Waals surface area contributed by atoms with Crippen LogP contribution in [-0.4, -0.2) is 36.4 Å². The molecule has 104 valence electrons. The molecule has 5 nitrogen and oxygen atoms in total. The second-order valence-electron chi connectivity index (χ2n) is 5.34. The van der Waals surface area contributed by atoms with Crippen molar-refractivity contribution in [2.45, 2.75) is 25.9 Å². The molecule has 1 aromatic rings. The third kappa shape index (κ3) is 3.94. The van der Waals surface area contributed by atoms with Crippen LogP contribution in [0.2, 0.25) is 0 Å². The van der Waals surface area contributed by atoms with Crippen LogP contribution in [0.25, 0.3) is 0 Å². The zero-order valence-electron chi connectivity index (χ0n) is 11.4. The second kappa shape index (κ2) is 5.59. The minimum atomic E-state index is -0.820. The van der Waals surface area contributed by atoms with Gasteiger partial charge in [-0.2, -0.15) is 0 Å². The van der Waals surface area contributed by atoms with Gasteiger partial charge >= 0.3 is 6.03 Å². The maximum absolute atomic E-state index is 11.8. The summed E-state index contributed by atoms with van der Waals surface area (Å²) in [5.74, 6) is 0. The van der Waals surface area contributed by atoms with Crippen molar-refractivity contribution in [2.75, 3.05) is 25.0 Å². The fourth-order valence-electron chi connectivity index (χ4n) is 2.35. The lowest BCUT2D eigenvalue weighted by Crippen LogP contribution is -2.45. The first kappa shape index (κ1) is 13.8. The molecule has 0 spiro atoms. The highest BCUT2D eigenvalue weighted by Crippen LogP contribution is 2.14. The quantitative estimate of drug-likeness (QED) is 0.661. The van der Waals surface area contributed by atoms with Gasteiger partial charge in [-0.15, -0.1) is 0 Å². The number of aliphatic hydroxyl groups is 1. The first-order chi connectivity index (χ1) is 8.97. The van der Waals surface area contributed by atoms with Gasteiger partial charge in [-0.3, -0.25) is 0 Å². The molecule has 1 fully saturated rings. The molecule has 2 amide bonds. The number of rotatable bonds is 3. The van der Waals surface area contributed by atoms with E-state index in [1.807, 2.05) is 26.0 Å². The van der Waals surface area contributed by atoms with E-state index in [4.69, 9.17) is 0 Å². The standard InChI is InChI=1S/C14H21N3O2/c1-10-5-11(2)7-12(6-10)17-13(18)16-9-14(19)3-4-15-8-14/h5-7,15,19H,3-4,8-9H2,1-2H3,(H2,16,17,18). The molecule has 4 N–H and O–H groups in total. The Bertz CT molecular complexity index is 448. The fourth-order valence-corrected chi connectivity index (χ4v) is 2.35. The van der Waals surface area contributed by atoms with Gasteiger partial charge in [-0.25, -0.2) is 4.79 Å². The van der Waals surface area contributed by atoms with Crippen molar-refractivity contribution < 1.29 is 9.90 Å². The summed E-state index contributed by atoms with van der Waals surface area (Å²) in [7, 11) is 0. The SMILES string of the molecule is Cc1cc(C)cc(NC(=O)NCC2(O)CCNC2)c1. The summed E-state index contributed by atoms with van der Waals surface area (Å²) in [5.41, 5.74) is 2.16. The summed E-state index contributed by atoms with van der Waals surface area (Å²) in [4.78, 5) is 11.8. The Labute approximate surface area is 113 Å². The monoisotopic (exact) mass is 263 g/mol. The first-order valence-electron chi connectivity index (χ1n) is 6.53. The highest BCUT2D eigenvalue weighted by atomic mass is 16.3. The highest BCUT2D eigenvalue weighted by Gasteiger charge is 2.31. The van der Waals surface area contributed by atoms with E-state index in [2.05, 4.69) is 22.0 Å². The fraction of sp³-hybridized carbons (Fsp3) is 0.500. The Morgan fingerprint density at radius 1 is 1.37 bits per heavy atom. The molecule has 0 aliphatic carbocycles. The maximum atomic E-state index is 11.8. The minimum absolute atomic E-state index is 0.261. The van der Waals surface area contributed by atoms with E-state index in [0.717, 1.165) is 23.4 Å². The van der Waals surface area contributed by atoms with Gasteiger partial charge in [-0.1, -0.05) is 6.07 Å². The lowest BCUT2D eigenvalue weighted by molar-refractivity contribution is 0.0640. The average molecular weight is 263 g/mol. The van der Waals surface area contributed by atoms with E-state index in [1.54, 1.807) is 0 Å². The van der Waals surface area contributed by atoms with Crippen LogP contribution in [-0.2, 0) is 0 Å². The molecule has 19 heavy (non-hydrogen) atoms. The molecule has 0 saturated carbocycles. The summed E-state index contributed by atoms with van der Waals surface area (Å²) >= 11 is 0. The van der Waals surface area contributed by atoms with Gasteiger partial charge in [0.25, 0.3) is 0 Å². The Balaban J connectivity index is 1.87. The largest absolute Gasteiger partial charge is 0.387 e. The van der Waals surface area contributed by atoms with Crippen LogP contribution in [0.15, 0.2) is 18.2 Å².